The Morgan fingerprint density at radius 2 is 2.29 bits per heavy atom. The zero-order valence-corrected chi connectivity index (χ0v) is 11.2. The number of benzene rings is 1. The largest absolute Gasteiger partial charge is 0.495 e. The maximum atomic E-state index is 5.57. The van der Waals surface area contributed by atoms with E-state index in [1.807, 2.05) is 18.2 Å². The van der Waals surface area contributed by atoms with Gasteiger partial charge in [0.2, 0.25) is 5.89 Å². The second kappa shape index (κ2) is 5.37. The van der Waals surface area contributed by atoms with Crippen LogP contribution in [0.3, 0.4) is 0 Å². The molecule has 0 saturated heterocycles. The summed E-state index contributed by atoms with van der Waals surface area (Å²) in [5, 5.41) is 10.5. The van der Waals surface area contributed by atoms with Gasteiger partial charge in [-0.15, -0.1) is 16.7 Å². The van der Waals surface area contributed by atoms with Crippen LogP contribution in [-0.4, -0.2) is 17.3 Å². The molecule has 0 spiro atoms. The van der Waals surface area contributed by atoms with E-state index in [2.05, 4.69) is 31.4 Å². The predicted molar refractivity (Wildman–Crippen MR) is 67.8 cm³/mol. The van der Waals surface area contributed by atoms with Crippen LogP contribution in [0.2, 0.25) is 0 Å². The Hall–Kier alpha value is -1.27. The monoisotopic (exact) mass is 317 g/mol. The van der Waals surface area contributed by atoms with E-state index in [0.29, 0.717) is 11.6 Å². The molecule has 0 unspecified atom stereocenters. The Morgan fingerprint density at radius 1 is 1.47 bits per heavy atom. The van der Waals surface area contributed by atoms with Crippen LogP contribution >= 0.6 is 27.5 Å². The van der Waals surface area contributed by atoms with Crippen LogP contribution in [0.25, 0.3) is 0 Å². The van der Waals surface area contributed by atoms with Crippen LogP contribution in [0.5, 0.6) is 5.75 Å². The Kier molecular flexibility index (Phi) is 3.86. The molecule has 0 atom stereocenters. The van der Waals surface area contributed by atoms with Crippen LogP contribution in [-0.2, 0) is 5.88 Å². The first-order chi connectivity index (χ1) is 8.22. The molecule has 7 heteroatoms. The van der Waals surface area contributed by atoms with Gasteiger partial charge >= 0.3 is 6.01 Å². The Bertz CT molecular complexity index is 518. The normalized spacial score (nSPS) is 10.3. The van der Waals surface area contributed by atoms with Crippen LogP contribution in [0.1, 0.15) is 5.89 Å². The summed E-state index contributed by atoms with van der Waals surface area (Å²) in [5.41, 5.74) is 0.728. The predicted octanol–water partition coefficient (Wildman–Crippen LogP) is 3.32. The van der Waals surface area contributed by atoms with E-state index in [4.69, 9.17) is 20.8 Å². The van der Waals surface area contributed by atoms with E-state index in [1.165, 1.54) is 0 Å². The first kappa shape index (κ1) is 12.2. The van der Waals surface area contributed by atoms with E-state index in [-0.39, 0.29) is 11.9 Å². The molecule has 90 valence electrons. The Labute approximate surface area is 111 Å². The van der Waals surface area contributed by atoms with Gasteiger partial charge in [-0.1, -0.05) is 21.0 Å². The average molecular weight is 319 g/mol. The number of rotatable bonds is 4. The van der Waals surface area contributed by atoms with E-state index in [1.54, 1.807) is 7.11 Å². The van der Waals surface area contributed by atoms with Crippen molar-refractivity contribution in [1.29, 1.82) is 0 Å². The third-order valence-electron chi connectivity index (χ3n) is 1.98. The van der Waals surface area contributed by atoms with Crippen molar-refractivity contribution >= 4 is 39.2 Å². The lowest BCUT2D eigenvalue weighted by Gasteiger charge is -2.08. The minimum absolute atomic E-state index is 0.185. The highest BCUT2D eigenvalue weighted by Crippen LogP contribution is 2.30. The molecule has 0 radical (unpaired) electrons. The van der Waals surface area contributed by atoms with E-state index in [0.717, 1.165) is 10.2 Å². The van der Waals surface area contributed by atoms with Gasteiger partial charge < -0.3 is 14.5 Å². The van der Waals surface area contributed by atoms with Crippen molar-refractivity contribution in [3.05, 3.63) is 28.6 Å². The lowest BCUT2D eigenvalue weighted by Crippen LogP contribution is -1.94. The van der Waals surface area contributed by atoms with Crippen molar-refractivity contribution in [1.82, 2.24) is 10.2 Å². The third-order valence-corrected chi connectivity index (χ3v) is 2.71. The van der Waals surface area contributed by atoms with Crippen LogP contribution in [0.15, 0.2) is 27.1 Å². The number of aromatic nitrogens is 2. The van der Waals surface area contributed by atoms with Crippen LogP contribution in [0, 0.1) is 0 Å². The van der Waals surface area contributed by atoms with Crippen molar-refractivity contribution < 1.29 is 9.15 Å². The van der Waals surface area contributed by atoms with Crippen LogP contribution < -0.4 is 10.1 Å². The maximum Gasteiger partial charge on any atom is 0.320 e. The highest BCUT2D eigenvalue weighted by Gasteiger charge is 2.09. The van der Waals surface area contributed by atoms with Crippen molar-refractivity contribution in [3.63, 3.8) is 0 Å². The first-order valence-corrected chi connectivity index (χ1v) is 6.04. The number of ether oxygens (including phenoxy) is 1. The van der Waals surface area contributed by atoms with Gasteiger partial charge in [-0.05, 0) is 18.2 Å². The second-order valence-corrected chi connectivity index (χ2v) is 4.29. The average Bonchev–Trinajstić information content (AvgIpc) is 2.77. The minimum atomic E-state index is 0.185. The topological polar surface area (TPSA) is 60.2 Å². The Balaban J connectivity index is 2.25. The van der Waals surface area contributed by atoms with Gasteiger partial charge in [-0.2, -0.15) is 0 Å². The number of anilines is 2. The molecule has 1 aromatic carbocycles. The quantitative estimate of drug-likeness (QED) is 0.876. The number of halogens is 2. The molecule has 0 bridgehead atoms. The summed E-state index contributed by atoms with van der Waals surface area (Å²) >= 11 is 8.95. The van der Waals surface area contributed by atoms with Gasteiger partial charge in [0, 0.05) is 4.47 Å². The summed E-state index contributed by atoms with van der Waals surface area (Å²) in [4.78, 5) is 0. The summed E-state index contributed by atoms with van der Waals surface area (Å²) in [6, 6.07) is 5.83. The van der Waals surface area contributed by atoms with Gasteiger partial charge in [0.25, 0.3) is 0 Å². The molecule has 5 nitrogen and oxygen atoms in total. The van der Waals surface area contributed by atoms with Crippen molar-refractivity contribution in [2.45, 2.75) is 5.88 Å². The fourth-order valence-corrected chi connectivity index (χ4v) is 1.72. The lowest BCUT2D eigenvalue weighted by atomic mass is 10.3. The molecule has 0 aliphatic carbocycles. The molecule has 17 heavy (non-hydrogen) atoms. The summed E-state index contributed by atoms with van der Waals surface area (Å²) in [6.45, 7) is 0. The molecule has 0 saturated carbocycles. The summed E-state index contributed by atoms with van der Waals surface area (Å²) < 4.78 is 11.4. The highest BCUT2D eigenvalue weighted by atomic mass is 79.9. The lowest BCUT2D eigenvalue weighted by molar-refractivity contribution is 0.416. The molecule has 0 amide bonds. The third kappa shape index (κ3) is 2.89. The van der Waals surface area contributed by atoms with Crippen molar-refractivity contribution in [2.75, 3.05) is 12.4 Å². The van der Waals surface area contributed by atoms with Crippen LogP contribution in [0.4, 0.5) is 11.7 Å². The molecule has 0 fully saturated rings. The maximum absolute atomic E-state index is 5.57. The van der Waals surface area contributed by atoms with Gasteiger partial charge in [0.15, 0.2) is 0 Å². The summed E-state index contributed by atoms with van der Waals surface area (Å²) in [6.07, 6.45) is 0. The van der Waals surface area contributed by atoms with Gasteiger partial charge in [0.1, 0.15) is 11.6 Å². The number of hydrogen-bond acceptors (Lipinski definition) is 5. The summed E-state index contributed by atoms with van der Waals surface area (Å²) in [7, 11) is 1.59. The molecule has 2 rings (SSSR count). The highest BCUT2D eigenvalue weighted by molar-refractivity contribution is 9.10. The fourth-order valence-electron chi connectivity index (χ4n) is 1.25. The van der Waals surface area contributed by atoms with E-state index >= 15 is 0 Å². The molecule has 0 aliphatic heterocycles. The minimum Gasteiger partial charge on any atom is -0.495 e. The van der Waals surface area contributed by atoms with Gasteiger partial charge in [-0.25, -0.2) is 0 Å². The van der Waals surface area contributed by atoms with E-state index < -0.39 is 0 Å². The number of alkyl halides is 1. The molecular formula is C10H9BrClN3O2. The Morgan fingerprint density at radius 3 is 2.94 bits per heavy atom. The number of methoxy groups -OCH3 is 1. The second-order valence-electron chi connectivity index (χ2n) is 3.10. The van der Waals surface area contributed by atoms with Crippen molar-refractivity contribution in [2.24, 2.45) is 0 Å². The van der Waals surface area contributed by atoms with E-state index in [9.17, 15) is 0 Å². The first-order valence-electron chi connectivity index (χ1n) is 4.72. The standard InChI is InChI=1S/C10H9BrClN3O2/c1-16-8-3-2-6(11)4-7(8)13-10-15-14-9(5-12)17-10/h2-4H,5H2,1H3,(H,13,15). The molecule has 1 aromatic heterocycles. The zero-order valence-electron chi connectivity index (χ0n) is 8.91. The fraction of sp³-hybridized carbons (Fsp3) is 0.200. The van der Waals surface area contributed by atoms with Crippen molar-refractivity contribution in [3.8, 4) is 5.75 Å². The summed E-state index contributed by atoms with van der Waals surface area (Å²) in [5.74, 6) is 1.23. The number of nitrogens with zero attached hydrogens (tertiary/aromatic N) is 2. The molecular weight excluding hydrogens is 309 g/mol. The van der Waals surface area contributed by atoms with Gasteiger partial charge in [-0.3, -0.25) is 0 Å². The number of nitrogens with one attached hydrogen (secondary N) is 1. The smallest absolute Gasteiger partial charge is 0.320 e. The zero-order chi connectivity index (χ0) is 12.3. The van der Waals surface area contributed by atoms with Gasteiger partial charge in [0.05, 0.1) is 12.8 Å². The molecule has 0 aliphatic rings. The SMILES string of the molecule is COc1ccc(Br)cc1Nc1nnc(CCl)o1. The molecule has 1 heterocycles. The number of hydrogen-bond donors (Lipinski definition) is 1. The molecule has 2 aromatic rings. The molecule has 1 N–H and O–H groups in total.